The molecule has 0 spiro atoms. The number of nitrogens with one attached hydrogen (secondary N) is 2. The van der Waals surface area contributed by atoms with Gasteiger partial charge in [0.1, 0.15) is 0 Å². The first-order valence-corrected chi connectivity index (χ1v) is 4.88. The van der Waals surface area contributed by atoms with Gasteiger partial charge < -0.3 is 20.5 Å². The van der Waals surface area contributed by atoms with Crippen LogP contribution >= 0.6 is 0 Å². The third-order valence-corrected chi connectivity index (χ3v) is 2.03. The molecule has 1 atom stereocenters. The molecule has 1 aromatic rings. The van der Waals surface area contributed by atoms with Gasteiger partial charge in [0.2, 0.25) is 5.56 Å². The van der Waals surface area contributed by atoms with E-state index in [1.54, 1.807) is 0 Å². The van der Waals surface area contributed by atoms with E-state index in [-0.39, 0.29) is 24.1 Å². The summed E-state index contributed by atoms with van der Waals surface area (Å²) >= 11 is 0. The second-order valence-electron chi connectivity index (χ2n) is 3.34. The van der Waals surface area contributed by atoms with Crippen molar-refractivity contribution in [2.45, 2.75) is 12.5 Å². The molecule has 17 heavy (non-hydrogen) atoms. The van der Waals surface area contributed by atoms with Crippen LogP contribution in [0.4, 0.5) is 0 Å². The van der Waals surface area contributed by atoms with E-state index in [1.807, 2.05) is 0 Å². The zero-order valence-corrected chi connectivity index (χ0v) is 8.84. The molecule has 1 rings (SSSR count). The van der Waals surface area contributed by atoms with Crippen LogP contribution in [-0.4, -0.2) is 39.7 Å². The van der Waals surface area contributed by atoms with Crippen LogP contribution in [0.5, 0.6) is 0 Å². The maximum absolute atomic E-state index is 11.4. The molecule has 1 aromatic heterocycles. The third-order valence-electron chi connectivity index (χ3n) is 2.03. The fourth-order valence-corrected chi connectivity index (χ4v) is 1.10. The van der Waals surface area contributed by atoms with Crippen molar-refractivity contribution < 1.29 is 19.8 Å². The van der Waals surface area contributed by atoms with E-state index >= 15 is 0 Å². The Kier molecular flexibility index (Phi) is 4.41. The number of carbonyl (C=O) groups excluding carboxylic acids is 1. The van der Waals surface area contributed by atoms with Crippen LogP contribution in [0.1, 0.15) is 16.8 Å². The second kappa shape index (κ2) is 5.80. The van der Waals surface area contributed by atoms with Crippen molar-refractivity contribution in [2.75, 3.05) is 6.54 Å². The molecular weight excluding hydrogens is 228 g/mol. The lowest BCUT2D eigenvalue weighted by molar-refractivity contribution is -0.146. The molecule has 0 aliphatic carbocycles. The Morgan fingerprint density at radius 3 is 2.65 bits per heavy atom. The lowest BCUT2D eigenvalue weighted by Gasteiger charge is -2.06. The topological polar surface area (TPSA) is 119 Å². The van der Waals surface area contributed by atoms with Crippen molar-refractivity contribution in [3.63, 3.8) is 0 Å². The van der Waals surface area contributed by atoms with Gasteiger partial charge in [-0.2, -0.15) is 0 Å². The second-order valence-corrected chi connectivity index (χ2v) is 3.34. The molecule has 92 valence electrons. The fraction of sp³-hybridized carbons (Fsp3) is 0.300. The number of carboxylic acids is 1. The van der Waals surface area contributed by atoms with Crippen LogP contribution in [0.15, 0.2) is 23.1 Å². The molecule has 1 amide bonds. The molecule has 0 fully saturated rings. The van der Waals surface area contributed by atoms with Crippen LogP contribution in [0, 0.1) is 0 Å². The Labute approximate surface area is 96.1 Å². The van der Waals surface area contributed by atoms with Crippen molar-refractivity contribution in [2.24, 2.45) is 0 Å². The summed E-state index contributed by atoms with van der Waals surface area (Å²) in [6.07, 6.45) is -0.318. The van der Waals surface area contributed by atoms with E-state index in [9.17, 15) is 14.4 Å². The van der Waals surface area contributed by atoms with E-state index in [1.165, 1.54) is 18.3 Å². The summed E-state index contributed by atoms with van der Waals surface area (Å²) < 4.78 is 0. The highest BCUT2D eigenvalue weighted by molar-refractivity contribution is 5.93. The van der Waals surface area contributed by atoms with Crippen molar-refractivity contribution in [3.8, 4) is 0 Å². The molecule has 0 radical (unpaired) electrons. The van der Waals surface area contributed by atoms with Gasteiger partial charge in [-0.15, -0.1) is 0 Å². The van der Waals surface area contributed by atoms with E-state index in [0.29, 0.717) is 0 Å². The Morgan fingerprint density at radius 1 is 1.41 bits per heavy atom. The number of hydrogen-bond donors (Lipinski definition) is 4. The molecule has 7 heteroatoms. The number of carboxylic acid groups (broad SMARTS) is 1. The highest BCUT2D eigenvalue weighted by Crippen LogP contribution is 1.94. The molecule has 0 saturated heterocycles. The number of H-pyrrole nitrogens is 1. The van der Waals surface area contributed by atoms with Gasteiger partial charge in [0.25, 0.3) is 5.91 Å². The Bertz CT molecular complexity index is 448. The summed E-state index contributed by atoms with van der Waals surface area (Å²) in [5.74, 6) is -1.78. The molecule has 0 saturated carbocycles. The number of rotatable bonds is 5. The van der Waals surface area contributed by atoms with Crippen molar-refractivity contribution in [1.29, 1.82) is 0 Å². The lowest BCUT2D eigenvalue weighted by atomic mass is 10.2. The standard InChI is InChI=1S/C10H12N2O5/c13-7(10(16)17)3-4-11-9(15)6-1-2-8(14)12-5-6/h1-2,5,7,13H,3-4H2,(H,11,15)(H,12,14)(H,16,17). The lowest BCUT2D eigenvalue weighted by Crippen LogP contribution is -2.30. The normalized spacial score (nSPS) is 11.8. The van der Waals surface area contributed by atoms with Gasteiger partial charge in [-0.25, -0.2) is 4.79 Å². The minimum atomic E-state index is -1.49. The van der Waals surface area contributed by atoms with Crippen LogP contribution < -0.4 is 10.9 Å². The Hall–Kier alpha value is -2.15. The van der Waals surface area contributed by atoms with Gasteiger partial charge in [0, 0.05) is 25.2 Å². The summed E-state index contributed by atoms with van der Waals surface area (Å²) in [5, 5.41) is 19.8. The van der Waals surface area contributed by atoms with Crippen LogP contribution in [0.2, 0.25) is 0 Å². The summed E-state index contributed by atoms with van der Waals surface area (Å²) in [5.41, 5.74) is -0.0581. The molecular formula is C10H12N2O5. The molecule has 0 bridgehead atoms. The van der Waals surface area contributed by atoms with Crippen LogP contribution in [-0.2, 0) is 4.79 Å². The molecule has 7 nitrogen and oxygen atoms in total. The molecule has 4 N–H and O–H groups in total. The predicted octanol–water partition coefficient (Wildman–Crippen LogP) is -1.06. The summed E-state index contributed by atoms with van der Waals surface area (Å²) in [6.45, 7) is 0.0332. The molecule has 1 heterocycles. The molecule has 1 unspecified atom stereocenters. The average molecular weight is 240 g/mol. The van der Waals surface area contributed by atoms with Crippen LogP contribution in [0.25, 0.3) is 0 Å². The SMILES string of the molecule is O=C(NCCC(O)C(=O)O)c1ccc(=O)[nH]c1. The number of aromatic amines is 1. The molecule has 0 aliphatic rings. The van der Waals surface area contributed by atoms with Gasteiger partial charge in [0.05, 0.1) is 5.56 Å². The first kappa shape index (κ1) is 12.9. The minimum Gasteiger partial charge on any atom is -0.479 e. The van der Waals surface area contributed by atoms with Gasteiger partial charge in [-0.05, 0) is 6.07 Å². The van der Waals surface area contributed by atoms with Gasteiger partial charge in [0.15, 0.2) is 6.10 Å². The zero-order chi connectivity index (χ0) is 12.8. The Morgan fingerprint density at radius 2 is 2.12 bits per heavy atom. The number of pyridine rings is 1. The first-order chi connectivity index (χ1) is 8.00. The maximum atomic E-state index is 11.4. The number of aliphatic carboxylic acids is 1. The number of hydrogen-bond acceptors (Lipinski definition) is 4. The predicted molar refractivity (Wildman–Crippen MR) is 57.7 cm³/mol. The van der Waals surface area contributed by atoms with Crippen LogP contribution in [0.3, 0.4) is 0 Å². The summed E-state index contributed by atoms with van der Waals surface area (Å²) in [7, 11) is 0. The number of amides is 1. The van der Waals surface area contributed by atoms with E-state index in [4.69, 9.17) is 10.2 Å². The third kappa shape index (κ3) is 4.07. The first-order valence-electron chi connectivity index (χ1n) is 4.88. The number of aliphatic hydroxyl groups excluding tert-OH is 1. The zero-order valence-electron chi connectivity index (χ0n) is 8.84. The van der Waals surface area contributed by atoms with Gasteiger partial charge in [-0.3, -0.25) is 9.59 Å². The fourth-order valence-electron chi connectivity index (χ4n) is 1.10. The van der Waals surface area contributed by atoms with E-state index < -0.39 is 18.0 Å². The maximum Gasteiger partial charge on any atom is 0.332 e. The summed E-state index contributed by atoms with van der Waals surface area (Å²) in [4.78, 5) is 34.8. The minimum absolute atomic E-state index is 0.0332. The van der Waals surface area contributed by atoms with E-state index in [0.717, 1.165) is 0 Å². The average Bonchev–Trinajstić information content (AvgIpc) is 2.29. The number of carbonyl (C=O) groups is 2. The number of aliphatic hydroxyl groups is 1. The largest absolute Gasteiger partial charge is 0.479 e. The van der Waals surface area contributed by atoms with Gasteiger partial charge >= 0.3 is 5.97 Å². The smallest absolute Gasteiger partial charge is 0.332 e. The molecule has 0 aliphatic heterocycles. The van der Waals surface area contributed by atoms with Crippen molar-refractivity contribution >= 4 is 11.9 Å². The van der Waals surface area contributed by atoms with Crippen molar-refractivity contribution in [3.05, 3.63) is 34.2 Å². The quantitative estimate of drug-likeness (QED) is 0.523. The number of aromatic nitrogens is 1. The summed E-state index contributed by atoms with van der Waals surface area (Å²) in [6, 6.07) is 2.56. The highest BCUT2D eigenvalue weighted by Gasteiger charge is 2.13. The van der Waals surface area contributed by atoms with Gasteiger partial charge in [-0.1, -0.05) is 0 Å². The van der Waals surface area contributed by atoms with E-state index in [2.05, 4.69) is 10.3 Å². The molecule has 0 aromatic carbocycles. The Balaban J connectivity index is 2.43. The highest BCUT2D eigenvalue weighted by atomic mass is 16.4. The monoisotopic (exact) mass is 240 g/mol. The van der Waals surface area contributed by atoms with Crippen molar-refractivity contribution in [1.82, 2.24) is 10.3 Å².